The van der Waals surface area contributed by atoms with Crippen LogP contribution in [0.2, 0.25) is 0 Å². The van der Waals surface area contributed by atoms with Gasteiger partial charge in [0, 0.05) is 25.2 Å². The van der Waals surface area contributed by atoms with Crippen LogP contribution in [-0.4, -0.2) is 41.9 Å². The van der Waals surface area contributed by atoms with Gasteiger partial charge in [-0.25, -0.2) is 4.79 Å². The highest BCUT2D eigenvalue weighted by atomic mass is 16.5. The number of piperidine rings is 1. The lowest BCUT2D eigenvalue weighted by Gasteiger charge is -2.33. The maximum Gasteiger partial charge on any atom is 0.338 e. The number of ether oxygens (including phenoxy) is 1. The number of hydrogen-bond donors (Lipinski definition) is 1. The first kappa shape index (κ1) is 17.0. The number of nitrogens with zero attached hydrogens (tertiary/aromatic N) is 1. The zero-order valence-corrected chi connectivity index (χ0v) is 13.5. The van der Waals surface area contributed by atoms with Gasteiger partial charge in [0.15, 0.2) is 6.61 Å². The Balaban J connectivity index is 1.86. The second-order valence-electron chi connectivity index (χ2n) is 5.77. The van der Waals surface area contributed by atoms with E-state index in [0.29, 0.717) is 11.3 Å². The van der Waals surface area contributed by atoms with E-state index < -0.39 is 5.97 Å². The second kappa shape index (κ2) is 7.76. The predicted molar refractivity (Wildman–Crippen MR) is 86.1 cm³/mol. The molecule has 1 aliphatic heterocycles. The van der Waals surface area contributed by atoms with Gasteiger partial charge in [-0.1, -0.05) is 0 Å². The monoisotopic (exact) mass is 318 g/mol. The van der Waals surface area contributed by atoms with Crippen LogP contribution in [0.4, 0.5) is 5.69 Å². The molecular weight excluding hydrogens is 296 g/mol. The molecule has 1 N–H and O–H groups in total. The SMILES string of the molecule is CC(=O)Nc1ccc(C(=O)OCC(=O)N2CCCC[C@H]2C)cc1. The van der Waals surface area contributed by atoms with E-state index in [1.165, 1.54) is 6.92 Å². The molecule has 1 fully saturated rings. The summed E-state index contributed by atoms with van der Waals surface area (Å²) in [6, 6.07) is 6.55. The molecule has 0 aliphatic carbocycles. The molecule has 1 atom stereocenters. The van der Waals surface area contributed by atoms with Gasteiger partial charge in [-0.15, -0.1) is 0 Å². The van der Waals surface area contributed by atoms with Gasteiger partial charge in [-0.05, 0) is 50.5 Å². The zero-order valence-electron chi connectivity index (χ0n) is 13.5. The Bertz CT molecular complexity index is 583. The minimum Gasteiger partial charge on any atom is -0.452 e. The fraction of sp³-hybridized carbons (Fsp3) is 0.471. The number of amides is 2. The smallest absolute Gasteiger partial charge is 0.338 e. The number of likely N-dealkylation sites (tertiary alicyclic amines) is 1. The maximum absolute atomic E-state index is 12.1. The normalized spacial score (nSPS) is 17.5. The average molecular weight is 318 g/mol. The van der Waals surface area contributed by atoms with Crippen molar-refractivity contribution in [3.8, 4) is 0 Å². The van der Waals surface area contributed by atoms with Gasteiger partial charge in [-0.3, -0.25) is 9.59 Å². The van der Waals surface area contributed by atoms with Crippen molar-refractivity contribution in [1.29, 1.82) is 0 Å². The van der Waals surface area contributed by atoms with Crippen molar-refractivity contribution in [2.24, 2.45) is 0 Å². The summed E-state index contributed by atoms with van der Waals surface area (Å²) >= 11 is 0. The number of carbonyl (C=O) groups excluding carboxylic acids is 3. The van der Waals surface area contributed by atoms with Crippen LogP contribution in [-0.2, 0) is 14.3 Å². The molecule has 0 spiro atoms. The van der Waals surface area contributed by atoms with Crippen LogP contribution in [0.25, 0.3) is 0 Å². The fourth-order valence-electron chi connectivity index (χ4n) is 2.66. The van der Waals surface area contributed by atoms with Crippen molar-refractivity contribution < 1.29 is 19.1 Å². The number of carbonyl (C=O) groups is 3. The van der Waals surface area contributed by atoms with Gasteiger partial charge < -0.3 is 15.0 Å². The molecule has 1 aromatic rings. The number of esters is 1. The van der Waals surface area contributed by atoms with Gasteiger partial charge >= 0.3 is 5.97 Å². The van der Waals surface area contributed by atoms with Crippen molar-refractivity contribution in [3.63, 3.8) is 0 Å². The molecule has 2 amide bonds. The molecule has 6 nitrogen and oxygen atoms in total. The van der Waals surface area contributed by atoms with Crippen molar-refractivity contribution in [1.82, 2.24) is 4.90 Å². The average Bonchev–Trinajstić information content (AvgIpc) is 2.53. The molecule has 0 radical (unpaired) electrons. The van der Waals surface area contributed by atoms with Crippen molar-refractivity contribution in [2.45, 2.75) is 39.2 Å². The molecule has 1 heterocycles. The highest BCUT2D eigenvalue weighted by molar-refractivity contribution is 5.93. The highest BCUT2D eigenvalue weighted by Gasteiger charge is 2.24. The first-order chi connectivity index (χ1) is 11.0. The van der Waals surface area contributed by atoms with Gasteiger partial charge in [-0.2, -0.15) is 0 Å². The molecular formula is C17H22N2O4. The Morgan fingerprint density at radius 2 is 1.91 bits per heavy atom. The first-order valence-electron chi connectivity index (χ1n) is 7.81. The molecule has 0 aromatic heterocycles. The van der Waals surface area contributed by atoms with Crippen LogP contribution in [0.3, 0.4) is 0 Å². The standard InChI is InChI=1S/C17H22N2O4/c1-12-5-3-4-10-19(12)16(21)11-23-17(22)14-6-8-15(9-7-14)18-13(2)20/h6-9,12H,3-5,10-11H2,1-2H3,(H,18,20)/t12-/m1/s1. The molecule has 2 rings (SSSR count). The van der Waals surface area contributed by atoms with Crippen LogP contribution in [0, 0.1) is 0 Å². The van der Waals surface area contributed by atoms with E-state index >= 15 is 0 Å². The van der Waals surface area contributed by atoms with E-state index in [0.717, 1.165) is 25.8 Å². The van der Waals surface area contributed by atoms with E-state index in [2.05, 4.69) is 5.32 Å². The third kappa shape index (κ3) is 4.81. The molecule has 23 heavy (non-hydrogen) atoms. The summed E-state index contributed by atoms with van der Waals surface area (Å²) in [6.07, 6.45) is 3.12. The van der Waals surface area contributed by atoms with E-state index in [4.69, 9.17) is 4.74 Å². The molecule has 124 valence electrons. The van der Waals surface area contributed by atoms with Gasteiger partial charge in [0.25, 0.3) is 5.91 Å². The van der Waals surface area contributed by atoms with Crippen molar-refractivity contribution in [3.05, 3.63) is 29.8 Å². The van der Waals surface area contributed by atoms with E-state index in [9.17, 15) is 14.4 Å². The van der Waals surface area contributed by atoms with Crippen molar-refractivity contribution >= 4 is 23.5 Å². The first-order valence-corrected chi connectivity index (χ1v) is 7.81. The lowest BCUT2D eigenvalue weighted by Crippen LogP contribution is -2.44. The number of anilines is 1. The quantitative estimate of drug-likeness (QED) is 0.864. The summed E-state index contributed by atoms with van der Waals surface area (Å²) in [6.45, 7) is 3.91. The van der Waals surface area contributed by atoms with Gasteiger partial charge in [0.1, 0.15) is 0 Å². The van der Waals surface area contributed by atoms with Gasteiger partial charge in [0.2, 0.25) is 5.91 Å². The predicted octanol–water partition coefficient (Wildman–Crippen LogP) is 2.20. The molecule has 0 bridgehead atoms. The Hall–Kier alpha value is -2.37. The summed E-state index contributed by atoms with van der Waals surface area (Å²) in [4.78, 5) is 36.8. The van der Waals surface area contributed by atoms with Crippen LogP contribution < -0.4 is 5.32 Å². The second-order valence-corrected chi connectivity index (χ2v) is 5.77. The molecule has 1 saturated heterocycles. The third-order valence-corrected chi connectivity index (χ3v) is 3.89. The minimum absolute atomic E-state index is 0.152. The Morgan fingerprint density at radius 1 is 1.22 bits per heavy atom. The lowest BCUT2D eigenvalue weighted by molar-refractivity contribution is -0.137. The lowest BCUT2D eigenvalue weighted by atomic mass is 10.0. The Kier molecular flexibility index (Phi) is 5.73. The molecule has 0 saturated carbocycles. The summed E-state index contributed by atoms with van der Waals surface area (Å²) in [7, 11) is 0. The summed E-state index contributed by atoms with van der Waals surface area (Å²) in [5.74, 6) is -0.876. The van der Waals surface area contributed by atoms with Crippen LogP contribution >= 0.6 is 0 Å². The highest BCUT2D eigenvalue weighted by Crippen LogP contribution is 2.16. The molecule has 0 unspecified atom stereocenters. The fourth-order valence-corrected chi connectivity index (χ4v) is 2.66. The van der Waals surface area contributed by atoms with E-state index in [-0.39, 0.29) is 24.5 Å². The van der Waals surface area contributed by atoms with Crippen LogP contribution in [0.1, 0.15) is 43.5 Å². The Morgan fingerprint density at radius 3 is 2.52 bits per heavy atom. The van der Waals surface area contributed by atoms with Crippen molar-refractivity contribution in [2.75, 3.05) is 18.5 Å². The summed E-state index contributed by atoms with van der Waals surface area (Å²) < 4.78 is 5.09. The zero-order chi connectivity index (χ0) is 16.8. The van der Waals surface area contributed by atoms with Crippen LogP contribution in [0.15, 0.2) is 24.3 Å². The summed E-state index contributed by atoms with van der Waals surface area (Å²) in [5, 5.41) is 2.62. The van der Waals surface area contributed by atoms with Gasteiger partial charge in [0.05, 0.1) is 5.56 Å². The summed E-state index contributed by atoms with van der Waals surface area (Å²) in [5.41, 5.74) is 0.950. The minimum atomic E-state index is -0.544. The van der Waals surface area contributed by atoms with Crippen LogP contribution in [0.5, 0.6) is 0 Å². The van der Waals surface area contributed by atoms with E-state index in [1.54, 1.807) is 29.2 Å². The third-order valence-electron chi connectivity index (χ3n) is 3.89. The Labute approximate surface area is 135 Å². The largest absolute Gasteiger partial charge is 0.452 e. The molecule has 6 heteroatoms. The number of nitrogens with one attached hydrogen (secondary N) is 1. The topological polar surface area (TPSA) is 75.7 Å². The molecule has 1 aliphatic rings. The van der Waals surface area contributed by atoms with E-state index in [1.807, 2.05) is 6.92 Å². The number of rotatable bonds is 4. The molecule has 1 aromatic carbocycles. The number of hydrogen-bond acceptors (Lipinski definition) is 4. The number of benzene rings is 1. The maximum atomic E-state index is 12.1.